The highest BCUT2D eigenvalue weighted by molar-refractivity contribution is 5.92. The van der Waals surface area contributed by atoms with Crippen molar-refractivity contribution >= 4 is 23.1 Å². The lowest BCUT2D eigenvalue weighted by Crippen LogP contribution is -1.81. The molecule has 0 aliphatic rings. The molecular formula is C16H14N2O. The number of pyridine rings is 1. The van der Waals surface area contributed by atoms with Crippen molar-refractivity contribution in [1.82, 2.24) is 9.97 Å². The van der Waals surface area contributed by atoms with Crippen LogP contribution in [0.5, 0.6) is 5.75 Å². The van der Waals surface area contributed by atoms with E-state index in [0.29, 0.717) is 0 Å². The van der Waals surface area contributed by atoms with Gasteiger partial charge in [0, 0.05) is 35.6 Å². The molecule has 3 rings (SSSR count). The van der Waals surface area contributed by atoms with Crippen LogP contribution in [-0.4, -0.2) is 17.1 Å². The molecule has 1 N–H and O–H groups in total. The summed E-state index contributed by atoms with van der Waals surface area (Å²) in [6.07, 6.45) is 9.75. The largest absolute Gasteiger partial charge is 0.497 e. The Morgan fingerprint density at radius 1 is 1.21 bits per heavy atom. The van der Waals surface area contributed by atoms with Gasteiger partial charge in [0.25, 0.3) is 0 Å². The Balaban J connectivity index is 1.96. The van der Waals surface area contributed by atoms with Crippen LogP contribution in [0.4, 0.5) is 0 Å². The van der Waals surface area contributed by atoms with Crippen LogP contribution >= 0.6 is 0 Å². The van der Waals surface area contributed by atoms with Crippen molar-refractivity contribution in [1.29, 1.82) is 0 Å². The highest BCUT2D eigenvalue weighted by Gasteiger charge is 2.02. The average Bonchev–Trinajstić information content (AvgIpc) is 2.88. The van der Waals surface area contributed by atoms with Crippen molar-refractivity contribution in [3.63, 3.8) is 0 Å². The Kier molecular flexibility index (Phi) is 3.02. The van der Waals surface area contributed by atoms with Crippen LogP contribution < -0.4 is 4.74 Å². The van der Waals surface area contributed by atoms with Gasteiger partial charge in [0.2, 0.25) is 0 Å². The maximum absolute atomic E-state index is 5.21. The molecule has 0 saturated carbocycles. The van der Waals surface area contributed by atoms with E-state index in [0.717, 1.165) is 22.4 Å². The number of aromatic amines is 1. The fourth-order valence-electron chi connectivity index (χ4n) is 2.05. The van der Waals surface area contributed by atoms with Crippen molar-refractivity contribution in [2.24, 2.45) is 0 Å². The molecule has 3 nitrogen and oxygen atoms in total. The van der Waals surface area contributed by atoms with Crippen LogP contribution in [-0.2, 0) is 0 Å². The number of hydrogen-bond donors (Lipinski definition) is 1. The second-order valence-electron chi connectivity index (χ2n) is 4.28. The number of H-pyrrole nitrogens is 1. The van der Waals surface area contributed by atoms with E-state index in [1.165, 1.54) is 5.39 Å². The molecule has 2 heterocycles. The number of nitrogens with one attached hydrogen (secondary N) is 1. The van der Waals surface area contributed by atoms with Gasteiger partial charge in [-0.05, 0) is 29.3 Å². The lowest BCUT2D eigenvalue weighted by atomic mass is 10.1. The van der Waals surface area contributed by atoms with Gasteiger partial charge < -0.3 is 9.72 Å². The minimum absolute atomic E-state index is 0.858. The van der Waals surface area contributed by atoms with Gasteiger partial charge >= 0.3 is 0 Å². The molecule has 94 valence electrons. The monoisotopic (exact) mass is 250 g/mol. The number of nitrogens with zero attached hydrogens (tertiary/aromatic N) is 1. The lowest BCUT2D eigenvalue weighted by Gasteiger charge is -1.99. The second-order valence-corrected chi connectivity index (χ2v) is 4.28. The third-order valence-electron chi connectivity index (χ3n) is 3.06. The highest BCUT2D eigenvalue weighted by Crippen LogP contribution is 2.24. The van der Waals surface area contributed by atoms with Crippen molar-refractivity contribution < 1.29 is 4.74 Å². The van der Waals surface area contributed by atoms with E-state index < -0.39 is 0 Å². The molecule has 3 aromatic rings. The van der Waals surface area contributed by atoms with E-state index in [1.54, 1.807) is 13.3 Å². The normalized spacial score (nSPS) is 11.2. The van der Waals surface area contributed by atoms with Crippen molar-refractivity contribution in [3.05, 3.63) is 60.0 Å². The minimum Gasteiger partial charge on any atom is -0.497 e. The number of methoxy groups -OCH3 is 1. The Bertz CT molecular complexity index is 714. The molecule has 0 radical (unpaired) electrons. The Morgan fingerprint density at radius 2 is 2.16 bits per heavy atom. The third kappa shape index (κ3) is 2.36. The highest BCUT2D eigenvalue weighted by atomic mass is 16.5. The Hall–Kier alpha value is -2.55. The molecule has 0 saturated heterocycles. The maximum atomic E-state index is 5.21. The Morgan fingerprint density at radius 3 is 2.95 bits per heavy atom. The van der Waals surface area contributed by atoms with Gasteiger partial charge in [-0.2, -0.15) is 0 Å². The quantitative estimate of drug-likeness (QED) is 0.769. The predicted molar refractivity (Wildman–Crippen MR) is 78.0 cm³/mol. The van der Waals surface area contributed by atoms with E-state index in [-0.39, 0.29) is 0 Å². The average molecular weight is 250 g/mol. The minimum atomic E-state index is 0.858. The molecule has 0 atom stereocenters. The van der Waals surface area contributed by atoms with Crippen LogP contribution in [0.3, 0.4) is 0 Å². The summed E-state index contributed by atoms with van der Waals surface area (Å²) in [6, 6.07) is 9.99. The number of benzene rings is 1. The summed E-state index contributed by atoms with van der Waals surface area (Å²) in [6.45, 7) is 0. The van der Waals surface area contributed by atoms with Crippen LogP contribution in [0.15, 0.2) is 48.9 Å². The summed E-state index contributed by atoms with van der Waals surface area (Å²) in [7, 11) is 1.67. The van der Waals surface area contributed by atoms with Gasteiger partial charge in [0.1, 0.15) is 5.75 Å². The SMILES string of the molecule is COc1ccc2c(/C=C/c3cccnc3)c[nH]c2c1. The number of aromatic nitrogens is 2. The van der Waals surface area contributed by atoms with Crippen molar-refractivity contribution in [2.75, 3.05) is 7.11 Å². The number of hydrogen-bond acceptors (Lipinski definition) is 2. The molecule has 0 fully saturated rings. The standard InChI is InChI=1S/C16H14N2O/c1-19-14-6-7-15-13(11-18-16(15)9-14)5-4-12-3-2-8-17-10-12/h2-11,18H,1H3/b5-4+. The zero-order valence-corrected chi connectivity index (χ0v) is 10.6. The molecule has 0 bridgehead atoms. The molecule has 0 unspecified atom stereocenters. The van der Waals surface area contributed by atoms with E-state index in [9.17, 15) is 0 Å². The van der Waals surface area contributed by atoms with E-state index >= 15 is 0 Å². The number of rotatable bonds is 3. The second kappa shape index (κ2) is 4.98. The first kappa shape index (κ1) is 11.5. The smallest absolute Gasteiger partial charge is 0.120 e. The Labute approximate surface area is 111 Å². The zero-order valence-electron chi connectivity index (χ0n) is 10.6. The van der Waals surface area contributed by atoms with Gasteiger partial charge in [-0.3, -0.25) is 4.98 Å². The number of fused-ring (bicyclic) bond motifs is 1. The van der Waals surface area contributed by atoms with Crippen molar-refractivity contribution in [3.8, 4) is 5.75 Å². The first-order valence-corrected chi connectivity index (χ1v) is 6.10. The molecule has 19 heavy (non-hydrogen) atoms. The van der Waals surface area contributed by atoms with E-state index in [2.05, 4.69) is 28.2 Å². The summed E-state index contributed by atoms with van der Waals surface area (Å²) in [5, 5.41) is 1.18. The summed E-state index contributed by atoms with van der Waals surface area (Å²) < 4.78 is 5.21. The fraction of sp³-hybridized carbons (Fsp3) is 0.0625. The third-order valence-corrected chi connectivity index (χ3v) is 3.06. The lowest BCUT2D eigenvalue weighted by molar-refractivity contribution is 0.415. The summed E-state index contributed by atoms with van der Waals surface area (Å²) >= 11 is 0. The van der Waals surface area contributed by atoms with Gasteiger partial charge in [-0.15, -0.1) is 0 Å². The van der Waals surface area contributed by atoms with Crippen LogP contribution in [0.1, 0.15) is 11.1 Å². The van der Waals surface area contributed by atoms with E-state index in [1.807, 2.05) is 36.7 Å². The summed E-state index contributed by atoms with van der Waals surface area (Å²) in [5.41, 5.74) is 3.32. The van der Waals surface area contributed by atoms with Gasteiger partial charge in [-0.25, -0.2) is 0 Å². The fourth-order valence-corrected chi connectivity index (χ4v) is 2.05. The van der Waals surface area contributed by atoms with E-state index in [4.69, 9.17) is 4.74 Å². The first-order chi connectivity index (χ1) is 9.36. The topological polar surface area (TPSA) is 37.9 Å². The predicted octanol–water partition coefficient (Wildman–Crippen LogP) is 3.74. The molecule has 0 aliphatic heterocycles. The van der Waals surface area contributed by atoms with Crippen LogP contribution in [0.2, 0.25) is 0 Å². The maximum Gasteiger partial charge on any atom is 0.120 e. The zero-order chi connectivity index (χ0) is 13.1. The molecule has 0 amide bonds. The molecule has 2 aromatic heterocycles. The summed E-state index contributed by atoms with van der Waals surface area (Å²) in [5.74, 6) is 0.858. The van der Waals surface area contributed by atoms with Crippen molar-refractivity contribution in [2.45, 2.75) is 0 Å². The van der Waals surface area contributed by atoms with Gasteiger partial charge in [-0.1, -0.05) is 18.2 Å². The molecule has 0 aliphatic carbocycles. The first-order valence-electron chi connectivity index (χ1n) is 6.10. The van der Waals surface area contributed by atoms with Crippen LogP contribution in [0.25, 0.3) is 23.1 Å². The molecule has 1 aromatic carbocycles. The van der Waals surface area contributed by atoms with Crippen LogP contribution in [0, 0.1) is 0 Å². The molecule has 0 spiro atoms. The number of ether oxygens (including phenoxy) is 1. The molecular weight excluding hydrogens is 236 g/mol. The molecule has 3 heteroatoms. The van der Waals surface area contributed by atoms with Gasteiger partial charge in [0.15, 0.2) is 0 Å². The van der Waals surface area contributed by atoms with Gasteiger partial charge in [0.05, 0.1) is 7.11 Å². The summed E-state index contributed by atoms with van der Waals surface area (Å²) in [4.78, 5) is 7.35.